The van der Waals surface area contributed by atoms with Crippen LogP contribution in [-0.2, 0) is 4.74 Å². The second-order valence-corrected chi connectivity index (χ2v) is 6.31. The van der Waals surface area contributed by atoms with Gasteiger partial charge in [0.05, 0.1) is 5.39 Å². The highest BCUT2D eigenvalue weighted by Gasteiger charge is 2.47. The number of nitrogens with two attached hydrogens (primary N) is 1. The first-order valence-electron chi connectivity index (χ1n) is 8.10. The van der Waals surface area contributed by atoms with E-state index in [1.807, 2.05) is 0 Å². The second-order valence-electron chi connectivity index (χ2n) is 6.31. The fourth-order valence-corrected chi connectivity index (χ4v) is 3.28. The number of nitrogens with zero attached hydrogens (tertiary/aromatic N) is 3. The van der Waals surface area contributed by atoms with Crippen molar-refractivity contribution in [1.29, 1.82) is 0 Å². The van der Waals surface area contributed by atoms with Crippen molar-refractivity contribution < 1.29 is 28.8 Å². The molecule has 5 atom stereocenters. The van der Waals surface area contributed by atoms with Gasteiger partial charge < -0.3 is 30.4 Å². The molecular weight excluding hydrogens is 362 g/mol. The van der Waals surface area contributed by atoms with Gasteiger partial charge in [-0.15, -0.1) is 0 Å². The van der Waals surface area contributed by atoms with Crippen LogP contribution in [0.25, 0.3) is 11.0 Å². The maximum absolute atomic E-state index is 14.2. The monoisotopic (exact) mass is 378 g/mol. The molecule has 3 aromatic rings. The fourth-order valence-electron chi connectivity index (χ4n) is 3.28. The van der Waals surface area contributed by atoms with Crippen LogP contribution in [0.15, 0.2) is 36.8 Å². The number of halogens is 2. The summed E-state index contributed by atoms with van der Waals surface area (Å²) < 4.78 is 34.1. The van der Waals surface area contributed by atoms with Crippen LogP contribution >= 0.6 is 0 Å². The number of aliphatic hydroxyl groups is 3. The molecule has 0 bridgehead atoms. The van der Waals surface area contributed by atoms with Crippen LogP contribution in [0.2, 0.25) is 0 Å². The number of nitrogen functional groups attached to an aromatic ring is 1. The standard InChI is InChI=1S/C17H16F2N4O4/c18-8-3-1-7(2-4-8)11(24)14-12(25)13(26)17(27-14)23-5-9(19)10-15(20)21-6-22-16(10)23/h1-6,11-14,17,24-26H,(H2,20,21,22)/t11-,12+,13-,14-,17-/m1/s1. The fraction of sp³-hybridized carbons (Fsp3) is 0.294. The van der Waals surface area contributed by atoms with Crippen molar-refractivity contribution in [3.8, 4) is 0 Å². The number of rotatable bonds is 3. The maximum Gasteiger partial charge on any atom is 0.164 e. The Morgan fingerprint density at radius 3 is 2.52 bits per heavy atom. The summed E-state index contributed by atoms with van der Waals surface area (Å²) in [6, 6.07) is 4.99. The van der Waals surface area contributed by atoms with Crippen LogP contribution in [0.3, 0.4) is 0 Å². The normalized spacial score (nSPS) is 26.6. The molecule has 3 heterocycles. The largest absolute Gasteiger partial charge is 0.387 e. The van der Waals surface area contributed by atoms with Crippen molar-refractivity contribution in [3.05, 3.63) is 54.0 Å². The molecule has 0 saturated carbocycles. The minimum Gasteiger partial charge on any atom is -0.387 e. The van der Waals surface area contributed by atoms with Gasteiger partial charge in [-0.25, -0.2) is 18.7 Å². The van der Waals surface area contributed by atoms with Crippen LogP contribution in [0.1, 0.15) is 17.9 Å². The lowest BCUT2D eigenvalue weighted by atomic mass is 9.99. The number of benzene rings is 1. The molecule has 8 nitrogen and oxygen atoms in total. The lowest BCUT2D eigenvalue weighted by Crippen LogP contribution is -2.34. The first-order valence-corrected chi connectivity index (χ1v) is 8.10. The Bertz CT molecular complexity index is 981. The lowest BCUT2D eigenvalue weighted by molar-refractivity contribution is -0.0849. The summed E-state index contributed by atoms with van der Waals surface area (Å²) in [5.41, 5.74) is 6.04. The van der Waals surface area contributed by atoms with E-state index in [0.717, 1.165) is 24.7 Å². The summed E-state index contributed by atoms with van der Waals surface area (Å²) in [4.78, 5) is 7.68. The molecule has 27 heavy (non-hydrogen) atoms. The SMILES string of the molecule is Nc1ncnc2c1c(F)cn2[C@@H]1O[C@H]([C@H](O)c2ccc(F)cc2)[C@@H](O)[C@H]1O. The number of aromatic nitrogens is 3. The van der Waals surface area contributed by atoms with Gasteiger partial charge in [-0.3, -0.25) is 0 Å². The average Bonchev–Trinajstić information content (AvgIpc) is 3.13. The van der Waals surface area contributed by atoms with E-state index in [9.17, 15) is 24.1 Å². The Morgan fingerprint density at radius 2 is 1.81 bits per heavy atom. The van der Waals surface area contributed by atoms with Gasteiger partial charge in [0.2, 0.25) is 0 Å². The zero-order valence-electron chi connectivity index (χ0n) is 13.8. The van der Waals surface area contributed by atoms with Crippen molar-refractivity contribution in [1.82, 2.24) is 14.5 Å². The van der Waals surface area contributed by atoms with Crippen LogP contribution < -0.4 is 5.73 Å². The maximum atomic E-state index is 14.2. The van der Waals surface area contributed by atoms with E-state index in [0.29, 0.717) is 5.56 Å². The molecule has 1 aliphatic rings. The molecule has 0 amide bonds. The zero-order valence-corrected chi connectivity index (χ0v) is 13.8. The molecule has 1 saturated heterocycles. The van der Waals surface area contributed by atoms with Gasteiger partial charge in [-0.2, -0.15) is 0 Å². The predicted molar refractivity (Wildman–Crippen MR) is 89.2 cm³/mol. The Labute approximate surface area is 151 Å². The highest BCUT2D eigenvalue weighted by Crippen LogP contribution is 2.38. The first kappa shape index (κ1) is 17.7. The van der Waals surface area contributed by atoms with Crippen LogP contribution in [0.5, 0.6) is 0 Å². The number of hydrogen-bond donors (Lipinski definition) is 4. The van der Waals surface area contributed by atoms with Gasteiger partial charge in [-0.05, 0) is 17.7 Å². The number of hydrogen-bond acceptors (Lipinski definition) is 7. The Balaban J connectivity index is 1.68. The average molecular weight is 378 g/mol. The molecule has 142 valence electrons. The van der Waals surface area contributed by atoms with E-state index in [4.69, 9.17) is 10.5 Å². The topological polar surface area (TPSA) is 127 Å². The minimum absolute atomic E-state index is 0.0367. The van der Waals surface area contributed by atoms with Gasteiger partial charge >= 0.3 is 0 Å². The molecule has 1 fully saturated rings. The van der Waals surface area contributed by atoms with E-state index in [1.165, 1.54) is 16.7 Å². The Hall–Kier alpha value is -2.66. The van der Waals surface area contributed by atoms with E-state index in [2.05, 4.69) is 9.97 Å². The smallest absolute Gasteiger partial charge is 0.164 e. The molecule has 0 unspecified atom stereocenters. The Kier molecular flexibility index (Phi) is 4.27. The van der Waals surface area contributed by atoms with E-state index in [1.54, 1.807) is 0 Å². The molecule has 0 aliphatic carbocycles. The molecule has 1 aliphatic heterocycles. The van der Waals surface area contributed by atoms with Gasteiger partial charge in [0.15, 0.2) is 17.7 Å². The van der Waals surface area contributed by atoms with Gasteiger partial charge in [0, 0.05) is 6.20 Å². The van der Waals surface area contributed by atoms with Gasteiger partial charge in [-0.1, -0.05) is 12.1 Å². The summed E-state index contributed by atoms with van der Waals surface area (Å²) in [6.07, 6.45) is -4.58. The van der Waals surface area contributed by atoms with Crippen LogP contribution in [0, 0.1) is 11.6 Å². The van der Waals surface area contributed by atoms with Crippen molar-refractivity contribution in [2.75, 3.05) is 5.73 Å². The molecular formula is C17H16F2N4O4. The van der Waals surface area contributed by atoms with Crippen LogP contribution in [-0.4, -0.2) is 48.2 Å². The molecule has 0 radical (unpaired) electrons. The first-order chi connectivity index (χ1) is 12.9. The highest BCUT2D eigenvalue weighted by molar-refractivity contribution is 5.86. The molecule has 10 heteroatoms. The summed E-state index contributed by atoms with van der Waals surface area (Å²) in [7, 11) is 0. The highest BCUT2D eigenvalue weighted by atomic mass is 19.1. The number of anilines is 1. The van der Waals surface area contributed by atoms with Crippen LogP contribution in [0.4, 0.5) is 14.6 Å². The van der Waals surface area contributed by atoms with Crippen molar-refractivity contribution in [2.45, 2.75) is 30.6 Å². The molecule has 5 N–H and O–H groups in total. The second kappa shape index (κ2) is 6.50. The third-order valence-corrected chi connectivity index (χ3v) is 4.66. The Morgan fingerprint density at radius 1 is 1.11 bits per heavy atom. The quantitative estimate of drug-likeness (QED) is 0.527. The van der Waals surface area contributed by atoms with Gasteiger partial charge in [0.25, 0.3) is 0 Å². The summed E-state index contributed by atoms with van der Waals surface area (Å²) in [5, 5.41) is 31.2. The number of ether oxygens (including phenoxy) is 1. The van der Waals surface area contributed by atoms with Crippen molar-refractivity contribution in [2.24, 2.45) is 0 Å². The third-order valence-electron chi connectivity index (χ3n) is 4.66. The molecule has 4 rings (SSSR count). The van der Waals surface area contributed by atoms with Gasteiger partial charge in [0.1, 0.15) is 42.4 Å². The summed E-state index contributed by atoms with van der Waals surface area (Å²) >= 11 is 0. The summed E-state index contributed by atoms with van der Waals surface area (Å²) in [6.45, 7) is 0. The zero-order chi connectivity index (χ0) is 19.3. The van der Waals surface area contributed by atoms with Crippen molar-refractivity contribution in [3.63, 3.8) is 0 Å². The number of aliphatic hydroxyl groups excluding tert-OH is 3. The minimum atomic E-state index is -1.48. The van der Waals surface area contributed by atoms with E-state index < -0.39 is 42.3 Å². The summed E-state index contributed by atoms with van der Waals surface area (Å²) in [5.74, 6) is -1.27. The van der Waals surface area contributed by atoms with E-state index in [-0.39, 0.29) is 16.9 Å². The molecule has 2 aromatic heterocycles. The number of fused-ring (bicyclic) bond motifs is 1. The van der Waals surface area contributed by atoms with E-state index >= 15 is 0 Å². The van der Waals surface area contributed by atoms with Crippen molar-refractivity contribution >= 4 is 16.9 Å². The molecule has 0 spiro atoms. The third kappa shape index (κ3) is 2.82. The molecule has 1 aromatic carbocycles. The predicted octanol–water partition coefficient (Wildman–Crippen LogP) is 0.644. The lowest BCUT2D eigenvalue weighted by Gasteiger charge is -2.21.